The molecule has 20 heavy (non-hydrogen) atoms. The van der Waals surface area contributed by atoms with Crippen LogP contribution in [-0.4, -0.2) is 40.1 Å². The molecule has 1 aliphatic rings. The first-order chi connectivity index (χ1) is 9.61. The van der Waals surface area contributed by atoms with Gasteiger partial charge in [0.05, 0.1) is 23.4 Å². The van der Waals surface area contributed by atoms with E-state index in [2.05, 4.69) is 16.8 Å². The molecule has 6 heteroatoms. The maximum atomic E-state index is 12.1. The molecule has 2 aromatic heterocycles. The highest BCUT2D eigenvalue weighted by atomic mass is 35.5. The Hall–Kier alpha value is -1.43. The van der Waals surface area contributed by atoms with Crippen molar-refractivity contribution in [3.8, 4) is 0 Å². The third kappa shape index (κ3) is 2.85. The van der Waals surface area contributed by atoms with Crippen molar-refractivity contribution in [2.45, 2.75) is 19.6 Å². The fraction of sp³-hybridized carbons (Fsp3) is 0.429. The molecule has 1 fully saturated rings. The summed E-state index contributed by atoms with van der Waals surface area (Å²) in [5.41, 5.74) is 1.30. The molecule has 0 N–H and O–H groups in total. The predicted molar refractivity (Wildman–Crippen MR) is 77.2 cm³/mol. The van der Waals surface area contributed by atoms with Crippen LogP contribution in [0.5, 0.6) is 0 Å². The first kappa shape index (κ1) is 13.5. The Morgan fingerprint density at radius 1 is 1.50 bits per heavy atom. The highest BCUT2D eigenvalue weighted by Gasteiger charge is 2.17. The van der Waals surface area contributed by atoms with E-state index >= 15 is 0 Å². The molecule has 0 radical (unpaired) electrons. The molecule has 106 valence electrons. The van der Waals surface area contributed by atoms with Gasteiger partial charge in [-0.3, -0.25) is 14.1 Å². The van der Waals surface area contributed by atoms with E-state index < -0.39 is 0 Å². The summed E-state index contributed by atoms with van der Waals surface area (Å²) in [6.45, 7) is 5.18. The molecule has 0 aromatic carbocycles. The highest BCUT2D eigenvalue weighted by Crippen LogP contribution is 2.11. The van der Waals surface area contributed by atoms with Gasteiger partial charge in [0, 0.05) is 31.9 Å². The van der Waals surface area contributed by atoms with Crippen molar-refractivity contribution in [3.05, 3.63) is 45.5 Å². The summed E-state index contributed by atoms with van der Waals surface area (Å²) in [5, 5.41) is 0.524. The SMILES string of the molecule is C[C@H]1CN(Cc2cc(=O)n3cc(Cl)ccc3n2)CCO1. The third-order valence-corrected chi connectivity index (χ3v) is 3.61. The maximum Gasteiger partial charge on any atom is 0.258 e. The average molecular weight is 294 g/mol. The predicted octanol–water partition coefficient (Wildman–Crippen LogP) is 1.57. The van der Waals surface area contributed by atoms with Crippen molar-refractivity contribution >= 4 is 17.2 Å². The van der Waals surface area contributed by atoms with Crippen molar-refractivity contribution < 1.29 is 4.74 Å². The number of ether oxygens (including phenoxy) is 1. The Bertz CT molecular complexity index is 686. The van der Waals surface area contributed by atoms with E-state index in [0.29, 0.717) is 17.2 Å². The smallest absolute Gasteiger partial charge is 0.258 e. The van der Waals surface area contributed by atoms with Crippen LogP contribution in [0.15, 0.2) is 29.2 Å². The van der Waals surface area contributed by atoms with Gasteiger partial charge in [0.25, 0.3) is 5.56 Å². The number of rotatable bonds is 2. The molecule has 0 aliphatic carbocycles. The van der Waals surface area contributed by atoms with Gasteiger partial charge >= 0.3 is 0 Å². The molecule has 5 nitrogen and oxygen atoms in total. The minimum atomic E-state index is -0.103. The van der Waals surface area contributed by atoms with Gasteiger partial charge in [-0.25, -0.2) is 4.98 Å². The lowest BCUT2D eigenvalue weighted by molar-refractivity contribution is -0.0215. The van der Waals surface area contributed by atoms with Crippen molar-refractivity contribution in [2.24, 2.45) is 0 Å². The Labute approximate surface area is 121 Å². The van der Waals surface area contributed by atoms with E-state index in [9.17, 15) is 4.79 Å². The average Bonchev–Trinajstić information content (AvgIpc) is 2.40. The van der Waals surface area contributed by atoms with Gasteiger partial charge in [-0.05, 0) is 19.1 Å². The molecule has 3 heterocycles. The number of nitrogens with zero attached hydrogens (tertiary/aromatic N) is 3. The number of morpholine rings is 1. The van der Waals surface area contributed by atoms with Crippen LogP contribution in [0.3, 0.4) is 0 Å². The molecule has 2 aromatic rings. The Balaban J connectivity index is 1.89. The third-order valence-electron chi connectivity index (χ3n) is 3.39. The minimum absolute atomic E-state index is 0.103. The van der Waals surface area contributed by atoms with Crippen LogP contribution in [0.1, 0.15) is 12.6 Å². The zero-order valence-corrected chi connectivity index (χ0v) is 12.0. The van der Waals surface area contributed by atoms with Gasteiger partial charge in [-0.15, -0.1) is 0 Å². The number of fused-ring (bicyclic) bond motifs is 1. The zero-order chi connectivity index (χ0) is 14.1. The van der Waals surface area contributed by atoms with E-state index in [-0.39, 0.29) is 11.7 Å². The monoisotopic (exact) mass is 293 g/mol. The van der Waals surface area contributed by atoms with Crippen LogP contribution in [0.25, 0.3) is 5.65 Å². The second-order valence-corrected chi connectivity index (χ2v) is 5.51. The fourth-order valence-corrected chi connectivity index (χ4v) is 2.63. The Morgan fingerprint density at radius 2 is 2.35 bits per heavy atom. The van der Waals surface area contributed by atoms with Crippen molar-refractivity contribution in [1.29, 1.82) is 0 Å². The van der Waals surface area contributed by atoms with Gasteiger partial charge in [-0.1, -0.05) is 11.6 Å². The number of halogens is 1. The number of pyridine rings is 1. The maximum absolute atomic E-state index is 12.1. The van der Waals surface area contributed by atoms with E-state index in [0.717, 1.165) is 25.4 Å². The molecule has 0 bridgehead atoms. The van der Waals surface area contributed by atoms with Crippen LogP contribution in [0.2, 0.25) is 5.02 Å². The molecular formula is C14H16ClN3O2. The molecule has 1 aliphatic heterocycles. The van der Waals surface area contributed by atoms with Gasteiger partial charge in [-0.2, -0.15) is 0 Å². The van der Waals surface area contributed by atoms with E-state index in [1.807, 2.05) is 0 Å². The summed E-state index contributed by atoms with van der Waals surface area (Å²) in [6, 6.07) is 5.07. The largest absolute Gasteiger partial charge is 0.376 e. The summed E-state index contributed by atoms with van der Waals surface area (Å²) in [4.78, 5) is 18.8. The van der Waals surface area contributed by atoms with Gasteiger partial charge in [0.1, 0.15) is 5.65 Å². The van der Waals surface area contributed by atoms with Crippen LogP contribution in [0, 0.1) is 0 Å². The Kier molecular flexibility index (Phi) is 3.74. The first-order valence-corrected chi connectivity index (χ1v) is 7.01. The quantitative estimate of drug-likeness (QED) is 0.843. The van der Waals surface area contributed by atoms with Crippen LogP contribution >= 0.6 is 11.6 Å². The highest BCUT2D eigenvalue weighted by molar-refractivity contribution is 6.30. The van der Waals surface area contributed by atoms with Crippen molar-refractivity contribution in [2.75, 3.05) is 19.7 Å². The number of hydrogen-bond donors (Lipinski definition) is 0. The molecule has 0 unspecified atom stereocenters. The summed E-state index contributed by atoms with van der Waals surface area (Å²) in [6.07, 6.45) is 1.82. The topological polar surface area (TPSA) is 46.8 Å². The second kappa shape index (κ2) is 5.52. The van der Waals surface area contributed by atoms with Crippen molar-refractivity contribution in [3.63, 3.8) is 0 Å². The zero-order valence-electron chi connectivity index (χ0n) is 11.3. The molecule has 0 spiro atoms. The van der Waals surface area contributed by atoms with E-state index in [4.69, 9.17) is 16.3 Å². The molecule has 0 saturated carbocycles. The van der Waals surface area contributed by atoms with Crippen LogP contribution in [0.4, 0.5) is 0 Å². The first-order valence-electron chi connectivity index (χ1n) is 6.63. The van der Waals surface area contributed by atoms with Crippen LogP contribution in [-0.2, 0) is 11.3 Å². The van der Waals surface area contributed by atoms with Gasteiger partial charge in [0.15, 0.2) is 0 Å². The molecule has 1 atom stereocenters. The summed E-state index contributed by atoms with van der Waals surface area (Å²) in [7, 11) is 0. The number of hydrogen-bond acceptors (Lipinski definition) is 4. The Morgan fingerprint density at radius 3 is 3.15 bits per heavy atom. The molecule has 3 rings (SSSR count). The van der Waals surface area contributed by atoms with Crippen LogP contribution < -0.4 is 5.56 Å². The lowest BCUT2D eigenvalue weighted by Crippen LogP contribution is -2.40. The summed E-state index contributed by atoms with van der Waals surface area (Å²) in [5.74, 6) is 0. The lowest BCUT2D eigenvalue weighted by atomic mass is 10.2. The molecular weight excluding hydrogens is 278 g/mol. The summed E-state index contributed by atoms with van der Waals surface area (Å²) >= 11 is 5.89. The molecule has 1 saturated heterocycles. The molecule has 0 amide bonds. The standard InChI is InChI=1S/C14H16ClN3O2/c1-10-7-17(4-5-20-10)9-12-6-14(19)18-8-11(15)2-3-13(18)16-12/h2-3,6,8,10H,4-5,7,9H2,1H3/t10-/m0/s1. The van der Waals surface area contributed by atoms with Gasteiger partial charge in [0.2, 0.25) is 0 Å². The van der Waals surface area contributed by atoms with Crippen molar-refractivity contribution in [1.82, 2.24) is 14.3 Å². The van der Waals surface area contributed by atoms with Gasteiger partial charge < -0.3 is 4.74 Å². The van der Waals surface area contributed by atoms with E-state index in [1.54, 1.807) is 24.4 Å². The normalized spacial score (nSPS) is 20.4. The lowest BCUT2D eigenvalue weighted by Gasteiger charge is -2.30. The van der Waals surface area contributed by atoms with E-state index in [1.165, 1.54) is 4.40 Å². The minimum Gasteiger partial charge on any atom is -0.376 e. The summed E-state index contributed by atoms with van der Waals surface area (Å²) < 4.78 is 6.98. The number of aromatic nitrogens is 2. The fourth-order valence-electron chi connectivity index (χ4n) is 2.47. The second-order valence-electron chi connectivity index (χ2n) is 5.08.